The fourth-order valence-corrected chi connectivity index (χ4v) is 4.04. The first-order valence-corrected chi connectivity index (χ1v) is 11.6. The summed E-state index contributed by atoms with van der Waals surface area (Å²) in [7, 11) is 0. The third-order valence-electron chi connectivity index (χ3n) is 6.01. The Morgan fingerprint density at radius 3 is 2.53 bits per heavy atom. The molecule has 0 atom stereocenters. The molecule has 2 aromatic carbocycles. The summed E-state index contributed by atoms with van der Waals surface area (Å²) >= 11 is 0. The summed E-state index contributed by atoms with van der Waals surface area (Å²) in [6.45, 7) is 0. The number of hydrogen-bond donors (Lipinski definition) is 1. The first-order chi connectivity index (χ1) is 17.7. The number of nitrogens with two attached hydrogens (primary N) is 1. The summed E-state index contributed by atoms with van der Waals surface area (Å²) in [6, 6.07) is 23.2. The average Bonchev–Trinajstić information content (AvgIpc) is 3.66. The third kappa shape index (κ3) is 4.14. The van der Waals surface area contributed by atoms with Crippen molar-refractivity contribution in [3.05, 3.63) is 91.0 Å². The molecular formula is C28H21N7O. The van der Waals surface area contributed by atoms with Crippen molar-refractivity contribution in [2.45, 2.75) is 12.8 Å². The van der Waals surface area contributed by atoms with Crippen molar-refractivity contribution in [3.8, 4) is 34.5 Å². The third-order valence-corrected chi connectivity index (χ3v) is 6.01. The molecule has 174 valence electrons. The second-order valence-electron chi connectivity index (χ2n) is 8.59. The maximum absolute atomic E-state index is 9.67. The van der Waals surface area contributed by atoms with E-state index >= 15 is 0 Å². The largest absolute Gasteiger partial charge is 0.457 e. The van der Waals surface area contributed by atoms with Crippen LogP contribution in [0.4, 0.5) is 5.82 Å². The number of nitriles is 1. The Labute approximate surface area is 207 Å². The summed E-state index contributed by atoms with van der Waals surface area (Å²) in [5, 5.41) is 15.2. The number of anilines is 1. The van der Waals surface area contributed by atoms with E-state index < -0.39 is 0 Å². The molecule has 36 heavy (non-hydrogen) atoms. The highest BCUT2D eigenvalue weighted by atomic mass is 16.5. The van der Waals surface area contributed by atoms with E-state index in [-0.39, 0.29) is 0 Å². The Bertz CT molecular complexity index is 1630. The second-order valence-corrected chi connectivity index (χ2v) is 8.59. The number of pyridine rings is 1. The first-order valence-electron chi connectivity index (χ1n) is 11.6. The van der Waals surface area contributed by atoms with E-state index in [1.807, 2.05) is 72.8 Å². The number of nitrogens with zero attached hydrogens (tertiary/aromatic N) is 6. The molecule has 0 spiro atoms. The molecule has 0 saturated heterocycles. The molecule has 1 aliphatic rings. The second kappa shape index (κ2) is 8.96. The lowest BCUT2D eigenvalue weighted by Crippen LogP contribution is -2.01. The molecule has 3 aromatic heterocycles. The molecule has 0 unspecified atom stereocenters. The Hall–Kier alpha value is -5.03. The molecule has 6 rings (SSSR count). The van der Waals surface area contributed by atoms with Gasteiger partial charge in [0.25, 0.3) is 0 Å². The van der Waals surface area contributed by atoms with Crippen LogP contribution in [0.1, 0.15) is 18.5 Å². The lowest BCUT2D eigenvalue weighted by Gasteiger charge is -2.06. The first kappa shape index (κ1) is 21.5. The lowest BCUT2D eigenvalue weighted by molar-refractivity contribution is 0.483. The number of nitrogen functional groups attached to an aromatic ring is 1. The quantitative estimate of drug-likeness (QED) is 0.322. The molecule has 5 aromatic rings. The minimum absolute atomic E-state index is 0.339. The molecular weight excluding hydrogens is 450 g/mol. The van der Waals surface area contributed by atoms with E-state index in [2.05, 4.69) is 21.0 Å². The molecule has 0 radical (unpaired) electrons. The monoisotopic (exact) mass is 471 g/mol. The van der Waals surface area contributed by atoms with Crippen molar-refractivity contribution in [2.24, 2.45) is 5.92 Å². The number of para-hydroxylation sites is 1. The number of hydrogen-bond acceptors (Lipinski definition) is 7. The van der Waals surface area contributed by atoms with E-state index in [1.165, 1.54) is 6.33 Å². The molecule has 3 heterocycles. The number of benzene rings is 2. The van der Waals surface area contributed by atoms with Gasteiger partial charge in [-0.15, -0.1) is 0 Å². The van der Waals surface area contributed by atoms with Crippen molar-refractivity contribution < 1.29 is 4.74 Å². The molecule has 1 aliphatic carbocycles. The molecule has 8 heteroatoms. The van der Waals surface area contributed by atoms with Crippen molar-refractivity contribution in [1.82, 2.24) is 24.7 Å². The Morgan fingerprint density at radius 1 is 1.00 bits per heavy atom. The predicted molar refractivity (Wildman–Crippen MR) is 137 cm³/mol. The van der Waals surface area contributed by atoms with Crippen LogP contribution in [0.15, 0.2) is 85.3 Å². The van der Waals surface area contributed by atoms with Gasteiger partial charge >= 0.3 is 0 Å². The van der Waals surface area contributed by atoms with E-state index in [0.29, 0.717) is 45.5 Å². The molecule has 2 N–H and O–H groups in total. The van der Waals surface area contributed by atoms with Crippen molar-refractivity contribution in [2.75, 3.05) is 5.73 Å². The van der Waals surface area contributed by atoms with Crippen LogP contribution in [0.2, 0.25) is 0 Å². The Kier molecular flexibility index (Phi) is 5.35. The highest BCUT2D eigenvalue weighted by molar-refractivity contribution is 5.99. The molecule has 0 bridgehead atoms. The normalized spacial score (nSPS) is 13.5. The van der Waals surface area contributed by atoms with Gasteiger partial charge in [0.2, 0.25) is 0 Å². The minimum atomic E-state index is 0.339. The van der Waals surface area contributed by atoms with Gasteiger partial charge in [-0.2, -0.15) is 10.4 Å². The topological polar surface area (TPSA) is 116 Å². The van der Waals surface area contributed by atoms with Crippen molar-refractivity contribution in [3.63, 3.8) is 0 Å². The van der Waals surface area contributed by atoms with Gasteiger partial charge < -0.3 is 10.5 Å². The molecule has 0 aliphatic heterocycles. The van der Waals surface area contributed by atoms with Crippen LogP contribution >= 0.6 is 0 Å². The minimum Gasteiger partial charge on any atom is -0.457 e. The van der Waals surface area contributed by atoms with Crippen LogP contribution in [-0.4, -0.2) is 24.7 Å². The van der Waals surface area contributed by atoms with Crippen LogP contribution in [0.3, 0.4) is 0 Å². The van der Waals surface area contributed by atoms with Gasteiger partial charge in [-0.1, -0.05) is 24.3 Å². The van der Waals surface area contributed by atoms with Gasteiger partial charge in [-0.3, -0.25) is 4.98 Å². The van der Waals surface area contributed by atoms with Gasteiger partial charge in [0.1, 0.15) is 35.4 Å². The maximum Gasteiger partial charge on any atom is 0.169 e. The number of fused-ring (bicyclic) bond motifs is 1. The van der Waals surface area contributed by atoms with Gasteiger partial charge in [-0.25, -0.2) is 14.6 Å². The molecule has 0 amide bonds. The highest BCUT2D eigenvalue weighted by Gasteiger charge is 2.21. The van der Waals surface area contributed by atoms with E-state index in [4.69, 9.17) is 15.6 Å². The standard InChI is InChI=1S/C28H21N7O/c29-16-20(14-18-6-7-18)24-15-21(12-13-31-24)35-28-25(27(30)32-17-33-28)26(34-35)19-8-10-23(11-9-19)36-22-4-2-1-3-5-22/h1-5,8-15,17-18H,6-7H2,(H2,30,32,33)/b20-14+. The summed E-state index contributed by atoms with van der Waals surface area (Å²) < 4.78 is 7.64. The van der Waals surface area contributed by atoms with Gasteiger partial charge in [0.05, 0.1) is 22.3 Å². The predicted octanol–water partition coefficient (Wildman–Crippen LogP) is 5.57. The Balaban J connectivity index is 1.41. The summed E-state index contributed by atoms with van der Waals surface area (Å²) in [6.07, 6.45) is 7.33. The van der Waals surface area contributed by atoms with E-state index in [0.717, 1.165) is 29.8 Å². The zero-order valence-corrected chi connectivity index (χ0v) is 19.2. The summed E-state index contributed by atoms with van der Waals surface area (Å²) in [5.41, 5.74) is 10.3. The van der Waals surface area contributed by atoms with Crippen molar-refractivity contribution >= 4 is 22.4 Å². The van der Waals surface area contributed by atoms with Crippen LogP contribution in [-0.2, 0) is 0 Å². The average molecular weight is 472 g/mol. The van der Waals surface area contributed by atoms with Gasteiger partial charge in [0.15, 0.2) is 5.65 Å². The van der Waals surface area contributed by atoms with E-state index in [9.17, 15) is 5.26 Å². The maximum atomic E-state index is 9.67. The van der Waals surface area contributed by atoms with E-state index in [1.54, 1.807) is 10.9 Å². The smallest absolute Gasteiger partial charge is 0.169 e. The number of ether oxygens (including phenoxy) is 1. The Morgan fingerprint density at radius 2 is 1.78 bits per heavy atom. The summed E-state index contributed by atoms with van der Waals surface area (Å²) in [4.78, 5) is 13.1. The van der Waals surface area contributed by atoms with Crippen LogP contribution in [0, 0.1) is 17.2 Å². The number of allylic oxidation sites excluding steroid dienone is 2. The fraction of sp³-hybridized carbons (Fsp3) is 0.107. The number of aromatic nitrogens is 5. The number of rotatable bonds is 6. The van der Waals surface area contributed by atoms with Crippen LogP contribution in [0.25, 0.3) is 33.6 Å². The molecule has 1 saturated carbocycles. The van der Waals surface area contributed by atoms with Gasteiger partial charge in [0, 0.05) is 11.8 Å². The fourth-order valence-electron chi connectivity index (χ4n) is 4.04. The highest BCUT2D eigenvalue weighted by Crippen LogP contribution is 2.35. The van der Waals surface area contributed by atoms with Crippen LogP contribution in [0.5, 0.6) is 11.5 Å². The van der Waals surface area contributed by atoms with Crippen molar-refractivity contribution in [1.29, 1.82) is 5.26 Å². The molecule has 1 fully saturated rings. The van der Waals surface area contributed by atoms with Gasteiger partial charge in [-0.05, 0) is 67.3 Å². The zero-order valence-electron chi connectivity index (χ0n) is 19.2. The van der Waals surface area contributed by atoms with Crippen LogP contribution < -0.4 is 10.5 Å². The summed E-state index contributed by atoms with van der Waals surface area (Å²) in [5.74, 6) is 2.27. The lowest BCUT2D eigenvalue weighted by atomic mass is 10.1. The molecule has 8 nitrogen and oxygen atoms in total. The zero-order chi connectivity index (χ0) is 24.5. The SMILES string of the molecule is N#C/C(=C\C1CC1)c1cc(-n2nc(-c3ccc(Oc4ccccc4)cc3)c3c(N)ncnc32)ccn1.